The Morgan fingerprint density at radius 2 is 2.17 bits per heavy atom. The molecule has 0 spiro atoms. The summed E-state index contributed by atoms with van der Waals surface area (Å²) in [7, 11) is 0. The van der Waals surface area contributed by atoms with Crippen molar-refractivity contribution >= 4 is 6.09 Å². The lowest BCUT2D eigenvalue weighted by atomic mass is 10.5. The smallest absolute Gasteiger partial charge is 0.442 e. The van der Waals surface area contributed by atoms with E-state index in [-0.39, 0.29) is 0 Å². The molecule has 0 bridgehead atoms. The summed E-state index contributed by atoms with van der Waals surface area (Å²) < 4.78 is 4.32. The van der Waals surface area contributed by atoms with Crippen LogP contribution in [0.25, 0.3) is 0 Å². The van der Waals surface area contributed by atoms with E-state index >= 15 is 0 Å². The number of carbonyl (C=O) groups is 1. The molecule has 0 aromatic heterocycles. The van der Waals surface area contributed by atoms with Crippen LogP contribution >= 0.6 is 0 Å². The van der Waals surface area contributed by atoms with Crippen molar-refractivity contribution in [3.05, 3.63) is 15.0 Å². The summed E-state index contributed by atoms with van der Waals surface area (Å²) in [6.07, 6.45) is -1.94. The molecule has 68 valence electrons. The van der Waals surface area contributed by atoms with Gasteiger partial charge in [0.2, 0.25) is 0 Å². The molecule has 1 amide bonds. The molecule has 12 heavy (non-hydrogen) atoms. The first-order chi connectivity index (χ1) is 5.49. The fourth-order valence-corrected chi connectivity index (χ4v) is 0.379. The Kier molecular flexibility index (Phi) is 3.60. The first-order valence-electron chi connectivity index (χ1n) is 2.97. The van der Waals surface area contributed by atoms with Crippen LogP contribution in [0.4, 0.5) is 4.79 Å². The van der Waals surface area contributed by atoms with Crippen molar-refractivity contribution in [3.63, 3.8) is 0 Å². The Balaban J connectivity index is 4.23. The van der Waals surface area contributed by atoms with Crippen molar-refractivity contribution in [1.29, 1.82) is 0 Å². The van der Waals surface area contributed by atoms with Crippen LogP contribution in [0.1, 0.15) is 13.8 Å². The zero-order chi connectivity index (χ0) is 9.72. The number of nitrogens with zero attached hydrogens (tertiary/aromatic N) is 3. The highest BCUT2D eigenvalue weighted by atomic mass is 16.7. The summed E-state index contributed by atoms with van der Waals surface area (Å²) in [5, 5.41) is 9.96. The number of nitroso groups, excluding NO2 is 1. The zero-order valence-electron chi connectivity index (χ0n) is 6.46. The standard InChI is InChI=1S/C4H7N3O5/c1-3(2)12-4(8)6(5-9)7(10)11/h3H,1-2H3. The van der Waals surface area contributed by atoms with E-state index in [2.05, 4.69) is 4.74 Å². The van der Waals surface area contributed by atoms with Crippen LogP contribution in [0.5, 0.6) is 0 Å². The maximum absolute atomic E-state index is 10.6. The molecule has 0 aliphatic carbocycles. The Morgan fingerprint density at radius 1 is 1.67 bits per heavy atom. The van der Waals surface area contributed by atoms with Crippen molar-refractivity contribution < 1.29 is 14.6 Å². The summed E-state index contributed by atoms with van der Waals surface area (Å²) in [5.41, 5.74) is 0. The lowest BCUT2D eigenvalue weighted by Crippen LogP contribution is -2.33. The maximum Gasteiger partial charge on any atom is 0.496 e. The van der Waals surface area contributed by atoms with Crippen molar-refractivity contribution in [1.82, 2.24) is 5.12 Å². The van der Waals surface area contributed by atoms with E-state index in [1.807, 2.05) is 5.29 Å². The fourth-order valence-electron chi connectivity index (χ4n) is 0.379. The third-order valence-electron chi connectivity index (χ3n) is 0.732. The molecule has 0 aliphatic rings. The number of carbonyl (C=O) groups excluding carboxylic acids is 1. The van der Waals surface area contributed by atoms with Gasteiger partial charge in [-0.05, 0) is 13.8 Å². The van der Waals surface area contributed by atoms with Crippen LogP contribution < -0.4 is 0 Å². The minimum absolute atomic E-state index is 0.514. The molecule has 0 heterocycles. The summed E-state index contributed by atoms with van der Waals surface area (Å²) in [6.45, 7) is 2.97. The Morgan fingerprint density at radius 3 is 2.42 bits per heavy atom. The molecule has 0 aromatic carbocycles. The van der Waals surface area contributed by atoms with Gasteiger partial charge in [0.15, 0.2) is 5.12 Å². The molecule has 0 fully saturated rings. The van der Waals surface area contributed by atoms with Gasteiger partial charge in [0.05, 0.1) is 11.1 Å². The van der Waals surface area contributed by atoms with Crippen LogP contribution in [0.2, 0.25) is 0 Å². The Hall–Kier alpha value is -1.73. The first-order valence-corrected chi connectivity index (χ1v) is 2.97. The average Bonchev–Trinajstić information content (AvgIpc) is 1.85. The molecule has 0 atom stereocenters. The molecule has 8 nitrogen and oxygen atoms in total. The molecular weight excluding hydrogens is 170 g/mol. The topological polar surface area (TPSA) is 102 Å². The van der Waals surface area contributed by atoms with Gasteiger partial charge in [-0.1, -0.05) is 0 Å². The Labute approximate surface area is 67.2 Å². The molecule has 0 radical (unpaired) electrons. The summed E-state index contributed by atoms with van der Waals surface area (Å²) in [5.74, 6) is 0. The maximum atomic E-state index is 10.6. The Bertz CT molecular complexity index is 203. The van der Waals surface area contributed by atoms with E-state index < -0.39 is 22.3 Å². The predicted molar refractivity (Wildman–Crippen MR) is 36.2 cm³/mol. The first kappa shape index (κ1) is 10.3. The van der Waals surface area contributed by atoms with E-state index in [0.717, 1.165) is 0 Å². The van der Waals surface area contributed by atoms with Crippen molar-refractivity contribution in [2.24, 2.45) is 5.29 Å². The SMILES string of the molecule is CC(C)OC(=O)N(N=O)[N+](=O)[O-]. The molecule has 0 N–H and O–H groups in total. The van der Waals surface area contributed by atoms with Crippen LogP contribution in [0, 0.1) is 15.0 Å². The van der Waals surface area contributed by atoms with Crippen molar-refractivity contribution in [3.8, 4) is 0 Å². The fraction of sp³-hybridized carbons (Fsp3) is 0.750. The number of hydrogen-bond donors (Lipinski definition) is 0. The van der Waals surface area contributed by atoms with Gasteiger partial charge >= 0.3 is 11.4 Å². The normalized spacial score (nSPS) is 9.25. The number of amides is 1. The van der Waals surface area contributed by atoms with E-state index in [1.54, 1.807) is 0 Å². The number of hydrogen-bond acceptors (Lipinski definition) is 6. The van der Waals surface area contributed by atoms with Gasteiger partial charge in [-0.2, -0.15) is 0 Å². The van der Waals surface area contributed by atoms with E-state index in [1.165, 1.54) is 13.8 Å². The van der Waals surface area contributed by atoms with Crippen LogP contribution in [0.3, 0.4) is 0 Å². The lowest BCUT2D eigenvalue weighted by molar-refractivity contribution is -0.637. The van der Waals surface area contributed by atoms with Gasteiger partial charge in [0, 0.05) is 4.91 Å². The van der Waals surface area contributed by atoms with Gasteiger partial charge in [0.25, 0.3) is 0 Å². The van der Waals surface area contributed by atoms with E-state index in [9.17, 15) is 19.8 Å². The predicted octanol–water partition coefficient (Wildman–Crippen LogP) is 0.707. The lowest BCUT2D eigenvalue weighted by Gasteiger charge is -2.07. The van der Waals surface area contributed by atoms with E-state index in [4.69, 9.17) is 0 Å². The second-order valence-electron chi connectivity index (χ2n) is 2.04. The number of ether oxygens (including phenoxy) is 1. The monoisotopic (exact) mass is 177 g/mol. The molecule has 0 unspecified atom stereocenters. The summed E-state index contributed by atoms with van der Waals surface area (Å²) >= 11 is 0. The number of nitro groups is 1. The second-order valence-corrected chi connectivity index (χ2v) is 2.04. The molecular formula is C4H7N3O5. The molecule has 0 rings (SSSR count). The van der Waals surface area contributed by atoms with Gasteiger partial charge in [-0.3, -0.25) is 0 Å². The third kappa shape index (κ3) is 2.90. The average molecular weight is 177 g/mol. The summed E-state index contributed by atoms with van der Waals surface area (Å²) in [6, 6.07) is 0. The molecule has 8 heteroatoms. The quantitative estimate of drug-likeness (QED) is 0.358. The van der Waals surface area contributed by atoms with E-state index in [0.29, 0.717) is 0 Å². The minimum Gasteiger partial charge on any atom is -0.442 e. The van der Waals surface area contributed by atoms with Crippen LogP contribution in [-0.2, 0) is 4.74 Å². The molecule has 0 aromatic rings. The van der Waals surface area contributed by atoms with Crippen molar-refractivity contribution in [2.75, 3.05) is 0 Å². The molecule has 0 aliphatic heterocycles. The molecule has 0 saturated carbocycles. The van der Waals surface area contributed by atoms with Crippen molar-refractivity contribution in [2.45, 2.75) is 20.0 Å². The largest absolute Gasteiger partial charge is 0.496 e. The molecule has 0 saturated heterocycles. The van der Waals surface area contributed by atoms with Crippen LogP contribution in [-0.4, -0.2) is 22.3 Å². The highest BCUT2D eigenvalue weighted by Crippen LogP contribution is 1.98. The van der Waals surface area contributed by atoms with Gasteiger partial charge in [-0.15, -0.1) is 0 Å². The third-order valence-corrected chi connectivity index (χ3v) is 0.732. The zero-order valence-corrected chi connectivity index (χ0v) is 6.46. The van der Waals surface area contributed by atoms with Gasteiger partial charge in [0.1, 0.15) is 0 Å². The second kappa shape index (κ2) is 4.21. The summed E-state index contributed by atoms with van der Waals surface area (Å²) in [4.78, 5) is 30.2. The van der Waals surface area contributed by atoms with Gasteiger partial charge < -0.3 is 14.9 Å². The highest BCUT2D eigenvalue weighted by Gasteiger charge is 2.28. The number of hydrazine groups is 1. The number of rotatable bonds is 3. The highest BCUT2D eigenvalue weighted by molar-refractivity contribution is 5.65. The van der Waals surface area contributed by atoms with Crippen LogP contribution in [0.15, 0.2) is 5.29 Å². The minimum atomic E-state index is -1.40. The van der Waals surface area contributed by atoms with Gasteiger partial charge in [-0.25, -0.2) is 4.79 Å².